The van der Waals surface area contributed by atoms with Crippen LogP contribution in [-0.4, -0.2) is 43.7 Å². The third-order valence-electron chi connectivity index (χ3n) is 3.71. The summed E-state index contributed by atoms with van der Waals surface area (Å²) in [6.07, 6.45) is 2.12. The van der Waals surface area contributed by atoms with Gasteiger partial charge in [0.1, 0.15) is 6.54 Å². The summed E-state index contributed by atoms with van der Waals surface area (Å²) in [5.41, 5.74) is 0.625. The van der Waals surface area contributed by atoms with Crippen molar-refractivity contribution in [3.05, 3.63) is 30.3 Å². The quantitative estimate of drug-likeness (QED) is 0.552. The maximum absolute atomic E-state index is 11.9. The van der Waals surface area contributed by atoms with Crippen LogP contribution in [0.15, 0.2) is 35.3 Å². The minimum atomic E-state index is -0.150. The molecule has 1 unspecified atom stereocenters. The second-order valence-corrected chi connectivity index (χ2v) is 5.86. The van der Waals surface area contributed by atoms with E-state index in [-0.39, 0.29) is 18.1 Å². The van der Waals surface area contributed by atoms with Crippen molar-refractivity contribution in [3.8, 4) is 0 Å². The first-order chi connectivity index (χ1) is 11.1. The van der Waals surface area contributed by atoms with Gasteiger partial charge < -0.3 is 20.7 Å². The average molecular weight is 318 g/mol. The van der Waals surface area contributed by atoms with Crippen LogP contribution in [0.1, 0.15) is 26.7 Å². The molecule has 1 fully saturated rings. The molecule has 0 spiro atoms. The summed E-state index contributed by atoms with van der Waals surface area (Å²) < 4.78 is 5.75. The van der Waals surface area contributed by atoms with Gasteiger partial charge in [-0.15, -0.1) is 0 Å². The van der Waals surface area contributed by atoms with E-state index in [0.29, 0.717) is 12.5 Å². The number of amides is 1. The Hall–Kier alpha value is -2.08. The van der Waals surface area contributed by atoms with Crippen molar-refractivity contribution >= 4 is 17.6 Å². The van der Waals surface area contributed by atoms with Crippen molar-refractivity contribution in [1.82, 2.24) is 10.6 Å². The number of nitrogens with zero attached hydrogens (tertiary/aromatic N) is 1. The van der Waals surface area contributed by atoms with Gasteiger partial charge in [0, 0.05) is 25.4 Å². The molecule has 6 nitrogen and oxygen atoms in total. The van der Waals surface area contributed by atoms with Gasteiger partial charge in [-0.2, -0.15) is 0 Å². The van der Waals surface area contributed by atoms with Gasteiger partial charge in [0.15, 0.2) is 5.96 Å². The molecule has 1 aromatic carbocycles. The Morgan fingerprint density at radius 1 is 1.30 bits per heavy atom. The molecule has 3 N–H and O–H groups in total. The van der Waals surface area contributed by atoms with Crippen molar-refractivity contribution in [1.29, 1.82) is 0 Å². The number of anilines is 1. The fraction of sp³-hybridized carbons (Fsp3) is 0.529. The van der Waals surface area contributed by atoms with Crippen molar-refractivity contribution in [3.63, 3.8) is 0 Å². The van der Waals surface area contributed by atoms with Crippen molar-refractivity contribution in [2.75, 3.05) is 31.6 Å². The second kappa shape index (κ2) is 8.53. The zero-order valence-corrected chi connectivity index (χ0v) is 13.9. The summed E-state index contributed by atoms with van der Waals surface area (Å²) in [5, 5.41) is 9.22. The Bertz CT molecular complexity index is 525. The average Bonchev–Trinajstić information content (AvgIpc) is 2.98. The van der Waals surface area contributed by atoms with Gasteiger partial charge in [0.2, 0.25) is 5.91 Å². The summed E-state index contributed by atoms with van der Waals surface area (Å²) >= 11 is 0. The molecule has 1 atom stereocenters. The highest BCUT2D eigenvalue weighted by Crippen LogP contribution is 2.23. The van der Waals surface area contributed by atoms with Gasteiger partial charge in [0.25, 0.3) is 0 Å². The van der Waals surface area contributed by atoms with E-state index >= 15 is 0 Å². The number of ether oxygens (including phenoxy) is 1. The lowest BCUT2D eigenvalue weighted by atomic mass is 10.0. The van der Waals surface area contributed by atoms with Crippen LogP contribution in [0.4, 0.5) is 5.69 Å². The molecule has 1 heterocycles. The monoisotopic (exact) mass is 318 g/mol. The maximum Gasteiger partial charge on any atom is 0.246 e. The van der Waals surface area contributed by atoms with Crippen molar-refractivity contribution in [2.45, 2.75) is 32.3 Å². The molecule has 1 aliphatic rings. The lowest BCUT2D eigenvalue weighted by Crippen LogP contribution is -2.45. The van der Waals surface area contributed by atoms with Crippen LogP contribution in [0, 0.1) is 0 Å². The van der Waals surface area contributed by atoms with Gasteiger partial charge in [-0.3, -0.25) is 4.79 Å². The number of para-hydroxylation sites is 1. The van der Waals surface area contributed by atoms with Gasteiger partial charge in [0.05, 0.1) is 5.60 Å². The smallest absolute Gasteiger partial charge is 0.246 e. The number of aliphatic imine (C=N–C) groups is 1. The third-order valence-corrected chi connectivity index (χ3v) is 3.71. The van der Waals surface area contributed by atoms with Crippen LogP contribution in [0.3, 0.4) is 0 Å². The van der Waals surface area contributed by atoms with E-state index in [1.54, 1.807) is 0 Å². The first-order valence-electron chi connectivity index (χ1n) is 8.12. The molecule has 1 saturated heterocycles. The lowest BCUT2D eigenvalue weighted by molar-refractivity contribution is -0.114. The second-order valence-electron chi connectivity index (χ2n) is 5.86. The van der Waals surface area contributed by atoms with Crippen molar-refractivity contribution in [2.24, 2.45) is 4.99 Å². The zero-order chi connectivity index (χ0) is 16.5. The third kappa shape index (κ3) is 5.90. The molecule has 0 saturated carbocycles. The Morgan fingerprint density at radius 2 is 2.09 bits per heavy atom. The Morgan fingerprint density at radius 3 is 2.74 bits per heavy atom. The molecule has 126 valence electrons. The Kier molecular flexibility index (Phi) is 6.40. The van der Waals surface area contributed by atoms with Gasteiger partial charge in [-0.25, -0.2) is 4.99 Å². The number of guanidine groups is 1. The number of carbonyl (C=O) groups excluding carboxylic acids is 1. The van der Waals surface area contributed by atoms with E-state index in [0.717, 1.165) is 31.7 Å². The molecule has 0 aliphatic carbocycles. The fourth-order valence-electron chi connectivity index (χ4n) is 2.46. The minimum absolute atomic E-state index is 0.0712. The largest absolute Gasteiger partial charge is 0.373 e. The Balaban J connectivity index is 1.83. The SMILES string of the molecule is CCNC(=NCC(=O)Nc1ccccc1)NCC1(C)CCCO1. The van der Waals surface area contributed by atoms with Gasteiger partial charge >= 0.3 is 0 Å². The fourth-order valence-corrected chi connectivity index (χ4v) is 2.46. The summed E-state index contributed by atoms with van der Waals surface area (Å²) in [4.78, 5) is 16.3. The minimum Gasteiger partial charge on any atom is -0.373 e. The molecule has 2 rings (SSSR count). The van der Waals surface area contributed by atoms with E-state index in [9.17, 15) is 4.79 Å². The highest BCUT2D eigenvalue weighted by atomic mass is 16.5. The predicted molar refractivity (Wildman–Crippen MR) is 92.6 cm³/mol. The van der Waals surface area contributed by atoms with Crippen LogP contribution in [-0.2, 0) is 9.53 Å². The topological polar surface area (TPSA) is 74.8 Å². The summed E-state index contributed by atoms with van der Waals surface area (Å²) in [5.74, 6) is 0.490. The van der Waals surface area contributed by atoms with Crippen molar-refractivity contribution < 1.29 is 9.53 Å². The van der Waals surface area contributed by atoms with E-state index in [1.807, 2.05) is 37.3 Å². The van der Waals surface area contributed by atoms with Crippen LogP contribution >= 0.6 is 0 Å². The zero-order valence-electron chi connectivity index (χ0n) is 13.9. The van der Waals surface area contributed by atoms with Gasteiger partial charge in [-0.05, 0) is 38.8 Å². The maximum atomic E-state index is 11.9. The van der Waals surface area contributed by atoms with Gasteiger partial charge in [-0.1, -0.05) is 18.2 Å². The van der Waals surface area contributed by atoms with Crippen LogP contribution in [0.2, 0.25) is 0 Å². The first kappa shape index (κ1) is 17.3. The van der Waals surface area contributed by atoms with E-state index in [4.69, 9.17) is 4.74 Å². The number of nitrogens with one attached hydrogen (secondary N) is 3. The molecule has 1 aromatic rings. The molecule has 1 amide bonds. The highest BCUT2D eigenvalue weighted by Gasteiger charge is 2.29. The highest BCUT2D eigenvalue weighted by molar-refractivity contribution is 5.94. The van der Waals surface area contributed by atoms with E-state index in [1.165, 1.54) is 0 Å². The summed E-state index contributed by atoms with van der Waals surface area (Å²) in [7, 11) is 0. The number of carbonyl (C=O) groups is 1. The molecular weight excluding hydrogens is 292 g/mol. The molecule has 23 heavy (non-hydrogen) atoms. The number of benzene rings is 1. The summed E-state index contributed by atoms with van der Waals surface area (Å²) in [6.45, 7) is 6.39. The number of hydrogen-bond acceptors (Lipinski definition) is 3. The van der Waals surface area contributed by atoms with Crippen LogP contribution in [0.25, 0.3) is 0 Å². The first-order valence-corrected chi connectivity index (χ1v) is 8.12. The normalized spacial score (nSPS) is 21.0. The molecule has 6 heteroatoms. The molecule has 1 aliphatic heterocycles. The molecule has 0 radical (unpaired) electrons. The standard InChI is InChI=1S/C17H26N4O2/c1-3-18-16(20-13-17(2)10-7-11-23-17)19-12-15(22)21-14-8-5-4-6-9-14/h4-6,8-9H,3,7,10-13H2,1-2H3,(H,21,22)(H2,18,19,20). The number of hydrogen-bond donors (Lipinski definition) is 3. The molecule has 0 aromatic heterocycles. The Labute approximate surface area is 137 Å². The van der Waals surface area contributed by atoms with Crippen LogP contribution < -0.4 is 16.0 Å². The van der Waals surface area contributed by atoms with Crippen LogP contribution in [0.5, 0.6) is 0 Å². The summed E-state index contributed by atoms with van der Waals surface area (Å²) in [6, 6.07) is 9.37. The predicted octanol–water partition coefficient (Wildman–Crippen LogP) is 1.75. The lowest BCUT2D eigenvalue weighted by Gasteiger charge is -2.24. The van der Waals surface area contributed by atoms with E-state index < -0.39 is 0 Å². The van der Waals surface area contributed by atoms with E-state index in [2.05, 4.69) is 27.9 Å². The molecule has 0 bridgehead atoms. The molecular formula is C17H26N4O2. The number of rotatable bonds is 6.